The second kappa shape index (κ2) is 8.90. The number of nitrogens with one attached hydrogen (secondary N) is 2. The van der Waals surface area contributed by atoms with E-state index in [0.717, 1.165) is 40.1 Å². The standard InChI is InChI=1S/C20H25N5OS/c1-13(2)7-10-23-19(26)17-14(3)16-18(24-12-25-20(16)27-17)22-11-8-15-6-4-5-9-21-15/h4-6,9,12-13H,7-8,10-11H2,1-3H3,(H,23,26)(H,22,24,25). The molecule has 0 aliphatic carbocycles. The molecule has 0 bridgehead atoms. The van der Waals surface area contributed by atoms with Gasteiger partial charge in [-0.05, 0) is 37.0 Å². The van der Waals surface area contributed by atoms with Gasteiger partial charge in [0.25, 0.3) is 5.91 Å². The highest BCUT2D eigenvalue weighted by Gasteiger charge is 2.19. The number of hydrogen-bond donors (Lipinski definition) is 2. The zero-order valence-corrected chi connectivity index (χ0v) is 16.8. The van der Waals surface area contributed by atoms with E-state index >= 15 is 0 Å². The van der Waals surface area contributed by atoms with Gasteiger partial charge in [-0.25, -0.2) is 9.97 Å². The van der Waals surface area contributed by atoms with E-state index in [-0.39, 0.29) is 5.91 Å². The number of hydrogen-bond acceptors (Lipinski definition) is 6. The summed E-state index contributed by atoms with van der Waals surface area (Å²) < 4.78 is 0. The minimum absolute atomic E-state index is 0.0319. The van der Waals surface area contributed by atoms with Gasteiger partial charge in [0.2, 0.25) is 0 Å². The molecule has 6 nitrogen and oxygen atoms in total. The first kappa shape index (κ1) is 19.2. The second-order valence-electron chi connectivity index (χ2n) is 6.89. The van der Waals surface area contributed by atoms with Gasteiger partial charge in [-0.2, -0.15) is 0 Å². The fourth-order valence-corrected chi connectivity index (χ4v) is 3.90. The Balaban J connectivity index is 1.73. The number of thiophene rings is 1. The molecule has 0 aliphatic rings. The number of rotatable bonds is 8. The molecule has 0 radical (unpaired) electrons. The summed E-state index contributed by atoms with van der Waals surface area (Å²) in [4.78, 5) is 27.2. The van der Waals surface area contributed by atoms with Crippen molar-refractivity contribution in [2.45, 2.75) is 33.6 Å². The van der Waals surface area contributed by atoms with E-state index in [1.54, 1.807) is 12.5 Å². The summed E-state index contributed by atoms with van der Waals surface area (Å²) in [7, 11) is 0. The third-order valence-corrected chi connectivity index (χ3v) is 5.54. The van der Waals surface area contributed by atoms with E-state index in [2.05, 4.69) is 39.4 Å². The monoisotopic (exact) mass is 383 g/mol. The first-order valence-electron chi connectivity index (χ1n) is 9.22. The molecule has 0 aliphatic heterocycles. The minimum Gasteiger partial charge on any atom is -0.369 e. The number of pyridine rings is 1. The summed E-state index contributed by atoms with van der Waals surface area (Å²) in [6.45, 7) is 7.66. The maximum Gasteiger partial charge on any atom is 0.261 e. The molecule has 7 heteroatoms. The Bertz CT molecular complexity index is 907. The van der Waals surface area contributed by atoms with Gasteiger partial charge in [0.15, 0.2) is 0 Å². The Morgan fingerprint density at radius 1 is 1.19 bits per heavy atom. The van der Waals surface area contributed by atoms with Crippen LogP contribution >= 0.6 is 11.3 Å². The molecule has 27 heavy (non-hydrogen) atoms. The topological polar surface area (TPSA) is 79.8 Å². The van der Waals surface area contributed by atoms with Gasteiger partial charge >= 0.3 is 0 Å². The van der Waals surface area contributed by atoms with Gasteiger partial charge in [-0.1, -0.05) is 19.9 Å². The highest BCUT2D eigenvalue weighted by molar-refractivity contribution is 7.20. The lowest BCUT2D eigenvalue weighted by Crippen LogP contribution is -2.25. The van der Waals surface area contributed by atoms with Gasteiger partial charge in [-0.15, -0.1) is 11.3 Å². The van der Waals surface area contributed by atoms with Crippen LogP contribution in [0.1, 0.15) is 41.2 Å². The molecule has 0 fully saturated rings. The highest BCUT2D eigenvalue weighted by atomic mass is 32.1. The average molecular weight is 384 g/mol. The van der Waals surface area contributed by atoms with Gasteiger partial charge in [0, 0.05) is 31.4 Å². The number of fused-ring (bicyclic) bond motifs is 1. The van der Waals surface area contributed by atoms with Crippen molar-refractivity contribution in [3.05, 3.63) is 46.9 Å². The summed E-state index contributed by atoms with van der Waals surface area (Å²) in [5.74, 6) is 1.30. The summed E-state index contributed by atoms with van der Waals surface area (Å²) in [6, 6.07) is 5.90. The lowest BCUT2D eigenvalue weighted by Gasteiger charge is -2.08. The average Bonchev–Trinajstić information content (AvgIpc) is 3.00. The van der Waals surface area contributed by atoms with Gasteiger partial charge in [0.1, 0.15) is 17.0 Å². The third-order valence-electron chi connectivity index (χ3n) is 4.34. The second-order valence-corrected chi connectivity index (χ2v) is 7.89. The van der Waals surface area contributed by atoms with Crippen molar-refractivity contribution >= 4 is 33.3 Å². The van der Waals surface area contributed by atoms with Crippen molar-refractivity contribution in [2.75, 3.05) is 18.4 Å². The lowest BCUT2D eigenvalue weighted by atomic mass is 10.1. The Morgan fingerprint density at radius 3 is 2.78 bits per heavy atom. The lowest BCUT2D eigenvalue weighted by molar-refractivity contribution is 0.0955. The van der Waals surface area contributed by atoms with Crippen LogP contribution in [0.25, 0.3) is 10.2 Å². The fourth-order valence-electron chi connectivity index (χ4n) is 2.83. The molecule has 0 saturated heterocycles. The van der Waals surface area contributed by atoms with E-state index in [9.17, 15) is 4.79 Å². The maximum absolute atomic E-state index is 12.5. The van der Waals surface area contributed by atoms with Crippen LogP contribution in [0.2, 0.25) is 0 Å². The van der Waals surface area contributed by atoms with Crippen molar-refractivity contribution in [2.24, 2.45) is 5.92 Å². The molecule has 1 amide bonds. The minimum atomic E-state index is -0.0319. The smallest absolute Gasteiger partial charge is 0.261 e. The SMILES string of the molecule is Cc1c(C(=O)NCCC(C)C)sc2ncnc(NCCc3ccccn3)c12. The highest BCUT2D eigenvalue weighted by Crippen LogP contribution is 2.33. The molecule has 142 valence electrons. The van der Waals surface area contributed by atoms with Crippen LogP contribution in [-0.2, 0) is 6.42 Å². The zero-order valence-electron chi connectivity index (χ0n) is 16.0. The Hall–Kier alpha value is -2.54. The number of anilines is 1. The fraction of sp³-hybridized carbons (Fsp3) is 0.400. The van der Waals surface area contributed by atoms with E-state index < -0.39 is 0 Å². The summed E-state index contributed by atoms with van der Waals surface area (Å²) in [6.07, 6.45) is 5.11. The predicted octanol–water partition coefficient (Wildman–Crippen LogP) is 3.83. The van der Waals surface area contributed by atoms with Crippen molar-refractivity contribution in [3.8, 4) is 0 Å². The van der Waals surface area contributed by atoms with Crippen molar-refractivity contribution in [1.29, 1.82) is 0 Å². The van der Waals surface area contributed by atoms with Crippen LogP contribution in [0.15, 0.2) is 30.7 Å². The first-order valence-corrected chi connectivity index (χ1v) is 10.0. The summed E-state index contributed by atoms with van der Waals surface area (Å²) in [5, 5.41) is 7.31. The summed E-state index contributed by atoms with van der Waals surface area (Å²) >= 11 is 1.42. The van der Waals surface area contributed by atoms with Crippen LogP contribution in [0, 0.1) is 12.8 Å². The molecule has 2 N–H and O–H groups in total. The van der Waals surface area contributed by atoms with Crippen molar-refractivity contribution in [1.82, 2.24) is 20.3 Å². The molecule has 3 heterocycles. The molecule has 3 rings (SSSR count). The predicted molar refractivity (Wildman–Crippen MR) is 110 cm³/mol. The van der Waals surface area contributed by atoms with E-state index in [1.807, 2.05) is 25.1 Å². The largest absolute Gasteiger partial charge is 0.369 e. The Kier molecular flexibility index (Phi) is 6.34. The Labute approximate surface area is 163 Å². The van der Waals surface area contributed by atoms with Crippen LogP contribution in [-0.4, -0.2) is 33.9 Å². The van der Waals surface area contributed by atoms with Gasteiger partial charge in [0.05, 0.1) is 10.3 Å². The van der Waals surface area contributed by atoms with E-state index in [4.69, 9.17) is 0 Å². The molecular weight excluding hydrogens is 358 g/mol. The van der Waals surface area contributed by atoms with Crippen LogP contribution in [0.3, 0.4) is 0 Å². The van der Waals surface area contributed by atoms with E-state index in [1.165, 1.54) is 11.3 Å². The number of amides is 1. The van der Waals surface area contributed by atoms with Crippen LogP contribution in [0.5, 0.6) is 0 Å². The van der Waals surface area contributed by atoms with Gasteiger partial charge in [-0.3, -0.25) is 9.78 Å². The summed E-state index contributed by atoms with van der Waals surface area (Å²) in [5.41, 5.74) is 1.96. The molecule has 3 aromatic heterocycles. The molecule has 0 saturated carbocycles. The third kappa shape index (κ3) is 4.80. The molecule has 0 atom stereocenters. The van der Waals surface area contributed by atoms with E-state index in [0.29, 0.717) is 23.9 Å². The normalized spacial score (nSPS) is 11.1. The first-order chi connectivity index (χ1) is 13.1. The molecular formula is C20H25N5OS. The molecule has 0 aromatic carbocycles. The molecule has 0 spiro atoms. The quantitative estimate of drug-likeness (QED) is 0.618. The number of aryl methyl sites for hydroxylation is 1. The number of aromatic nitrogens is 3. The zero-order chi connectivity index (χ0) is 19.2. The number of nitrogens with zero attached hydrogens (tertiary/aromatic N) is 3. The molecule has 3 aromatic rings. The molecule has 0 unspecified atom stereocenters. The maximum atomic E-state index is 12.5. The Morgan fingerprint density at radius 2 is 2.04 bits per heavy atom. The van der Waals surface area contributed by atoms with Crippen LogP contribution < -0.4 is 10.6 Å². The van der Waals surface area contributed by atoms with Crippen molar-refractivity contribution < 1.29 is 4.79 Å². The van der Waals surface area contributed by atoms with Gasteiger partial charge < -0.3 is 10.6 Å². The van der Waals surface area contributed by atoms with Crippen molar-refractivity contribution in [3.63, 3.8) is 0 Å². The van der Waals surface area contributed by atoms with Crippen LogP contribution in [0.4, 0.5) is 5.82 Å². The number of carbonyl (C=O) groups excluding carboxylic acids is 1. The number of carbonyl (C=O) groups is 1.